The molecule has 1 aromatic rings. The van der Waals surface area contributed by atoms with Crippen LogP contribution in [0.4, 0.5) is 14.5 Å². The average Bonchev–Trinajstić information content (AvgIpc) is 2.15. The van der Waals surface area contributed by atoms with E-state index in [9.17, 15) is 13.6 Å². The molecular formula is C11H14F2N2O2. The molecule has 0 bridgehead atoms. The third-order valence-corrected chi connectivity index (χ3v) is 2.05. The maximum atomic E-state index is 13.3. The molecule has 1 rings (SSSR count). The summed E-state index contributed by atoms with van der Waals surface area (Å²) >= 11 is 0. The fraction of sp³-hybridized carbons (Fsp3) is 0.364. The number of amides is 1. The highest BCUT2D eigenvalue weighted by molar-refractivity contribution is 5.97. The van der Waals surface area contributed by atoms with Crippen LogP contribution >= 0.6 is 0 Å². The Kier molecular flexibility index (Phi) is 3.67. The van der Waals surface area contributed by atoms with Crippen LogP contribution in [0.15, 0.2) is 12.1 Å². The Morgan fingerprint density at radius 2 is 1.82 bits per heavy atom. The summed E-state index contributed by atoms with van der Waals surface area (Å²) < 4.78 is 31.1. The van der Waals surface area contributed by atoms with Gasteiger partial charge in [-0.15, -0.1) is 0 Å². The lowest BCUT2D eigenvalue weighted by Gasteiger charge is -2.18. The molecule has 0 saturated heterocycles. The molecule has 0 aliphatic rings. The van der Waals surface area contributed by atoms with Crippen molar-refractivity contribution in [2.45, 2.75) is 19.4 Å². The van der Waals surface area contributed by atoms with Gasteiger partial charge in [-0.3, -0.25) is 4.79 Å². The summed E-state index contributed by atoms with van der Waals surface area (Å²) in [6, 6.07) is 1.93. The monoisotopic (exact) mass is 244 g/mol. The standard InChI is InChI=1S/C11H14F2N2O2/c1-11(2,14)10(16)15-6-4-7(12)9(17-3)8(13)5-6/h4-5H,14H2,1-3H3,(H,15,16). The zero-order valence-electron chi connectivity index (χ0n) is 9.80. The number of halogens is 2. The molecule has 0 aliphatic heterocycles. The topological polar surface area (TPSA) is 64.3 Å². The molecule has 0 aromatic heterocycles. The lowest BCUT2D eigenvalue weighted by Crippen LogP contribution is -2.45. The van der Waals surface area contributed by atoms with Gasteiger partial charge in [0.1, 0.15) is 0 Å². The van der Waals surface area contributed by atoms with Crippen LogP contribution in [0.3, 0.4) is 0 Å². The fourth-order valence-corrected chi connectivity index (χ4v) is 1.12. The number of rotatable bonds is 3. The zero-order chi connectivity index (χ0) is 13.2. The summed E-state index contributed by atoms with van der Waals surface area (Å²) in [7, 11) is 1.16. The van der Waals surface area contributed by atoms with Crippen LogP contribution in [0.2, 0.25) is 0 Å². The highest BCUT2D eigenvalue weighted by Crippen LogP contribution is 2.25. The third kappa shape index (κ3) is 3.13. The van der Waals surface area contributed by atoms with Crippen molar-refractivity contribution in [1.29, 1.82) is 0 Å². The van der Waals surface area contributed by atoms with Crippen molar-refractivity contribution in [2.24, 2.45) is 5.73 Å². The molecule has 1 aromatic carbocycles. The minimum absolute atomic E-state index is 0.00988. The minimum atomic E-state index is -1.13. The van der Waals surface area contributed by atoms with Gasteiger partial charge in [0.25, 0.3) is 0 Å². The Morgan fingerprint density at radius 1 is 1.35 bits per heavy atom. The summed E-state index contributed by atoms with van der Waals surface area (Å²) in [5, 5.41) is 2.32. The Hall–Kier alpha value is -1.69. The van der Waals surface area contributed by atoms with Crippen molar-refractivity contribution in [2.75, 3.05) is 12.4 Å². The van der Waals surface area contributed by atoms with E-state index in [1.807, 2.05) is 0 Å². The lowest BCUT2D eigenvalue weighted by atomic mass is 10.1. The SMILES string of the molecule is COc1c(F)cc(NC(=O)C(C)(C)N)cc1F. The van der Waals surface area contributed by atoms with E-state index in [2.05, 4.69) is 10.1 Å². The number of nitrogens with two attached hydrogens (primary N) is 1. The number of hydrogen-bond donors (Lipinski definition) is 2. The molecule has 4 nitrogen and oxygen atoms in total. The maximum Gasteiger partial charge on any atom is 0.243 e. The van der Waals surface area contributed by atoms with E-state index in [0.29, 0.717) is 0 Å². The van der Waals surface area contributed by atoms with Crippen molar-refractivity contribution in [3.8, 4) is 5.75 Å². The molecule has 0 radical (unpaired) electrons. The van der Waals surface area contributed by atoms with Crippen molar-refractivity contribution in [3.05, 3.63) is 23.8 Å². The predicted octanol–water partition coefficient (Wildman–Crippen LogP) is 1.65. The van der Waals surface area contributed by atoms with Crippen molar-refractivity contribution >= 4 is 11.6 Å². The van der Waals surface area contributed by atoms with Crippen molar-refractivity contribution < 1.29 is 18.3 Å². The van der Waals surface area contributed by atoms with Crippen LogP contribution in [-0.4, -0.2) is 18.6 Å². The van der Waals surface area contributed by atoms with Gasteiger partial charge < -0.3 is 15.8 Å². The van der Waals surface area contributed by atoms with E-state index in [0.717, 1.165) is 19.2 Å². The average molecular weight is 244 g/mol. The molecule has 1 amide bonds. The number of carbonyl (C=O) groups excluding carboxylic acids is 1. The second-order valence-electron chi connectivity index (χ2n) is 4.15. The van der Waals surface area contributed by atoms with Gasteiger partial charge in [0.15, 0.2) is 17.4 Å². The van der Waals surface area contributed by atoms with Gasteiger partial charge in [-0.25, -0.2) is 8.78 Å². The fourth-order valence-electron chi connectivity index (χ4n) is 1.12. The summed E-state index contributed by atoms with van der Waals surface area (Å²) in [4.78, 5) is 11.5. The molecule has 0 aliphatic carbocycles. The van der Waals surface area contributed by atoms with Crippen LogP contribution in [0.1, 0.15) is 13.8 Å². The Bertz CT molecular complexity index is 419. The largest absolute Gasteiger partial charge is 0.491 e. The van der Waals surface area contributed by atoms with E-state index < -0.39 is 28.8 Å². The number of anilines is 1. The first kappa shape index (κ1) is 13.4. The number of carbonyl (C=O) groups is 1. The second kappa shape index (κ2) is 4.67. The maximum absolute atomic E-state index is 13.3. The Balaban J connectivity index is 2.99. The molecule has 0 atom stereocenters. The van der Waals surface area contributed by atoms with Gasteiger partial charge in [0, 0.05) is 17.8 Å². The van der Waals surface area contributed by atoms with Gasteiger partial charge in [-0.05, 0) is 13.8 Å². The van der Waals surface area contributed by atoms with Crippen molar-refractivity contribution in [3.63, 3.8) is 0 Å². The number of hydrogen-bond acceptors (Lipinski definition) is 3. The quantitative estimate of drug-likeness (QED) is 0.849. The van der Waals surface area contributed by atoms with Gasteiger partial charge in [-0.2, -0.15) is 0 Å². The van der Waals surface area contributed by atoms with E-state index in [1.54, 1.807) is 0 Å². The van der Waals surface area contributed by atoms with Crippen molar-refractivity contribution in [1.82, 2.24) is 0 Å². The van der Waals surface area contributed by atoms with Gasteiger partial charge >= 0.3 is 0 Å². The minimum Gasteiger partial charge on any atom is -0.491 e. The molecule has 0 spiro atoms. The molecule has 6 heteroatoms. The summed E-state index contributed by atoms with van der Waals surface area (Å²) in [6.07, 6.45) is 0. The first-order chi connectivity index (χ1) is 7.75. The molecule has 0 saturated carbocycles. The smallest absolute Gasteiger partial charge is 0.243 e. The van der Waals surface area contributed by atoms with Gasteiger partial charge in [0.2, 0.25) is 5.91 Å². The molecular weight excluding hydrogens is 230 g/mol. The normalized spacial score (nSPS) is 11.2. The summed E-state index contributed by atoms with van der Waals surface area (Å²) in [6.45, 7) is 2.97. The molecule has 0 unspecified atom stereocenters. The number of methoxy groups -OCH3 is 1. The number of benzene rings is 1. The Morgan fingerprint density at radius 3 is 2.18 bits per heavy atom. The lowest BCUT2D eigenvalue weighted by molar-refractivity contribution is -0.120. The van der Waals surface area contributed by atoms with Crippen LogP contribution in [-0.2, 0) is 4.79 Å². The first-order valence-corrected chi connectivity index (χ1v) is 4.89. The highest BCUT2D eigenvalue weighted by Gasteiger charge is 2.22. The number of ether oxygens (including phenoxy) is 1. The summed E-state index contributed by atoms with van der Waals surface area (Å²) in [5.74, 6) is -2.81. The zero-order valence-corrected chi connectivity index (χ0v) is 9.80. The van der Waals surface area contributed by atoms with Crippen LogP contribution in [0.25, 0.3) is 0 Å². The first-order valence-electron chi connectivity index (χ1n) is 4.89. The molecule has 17 heavy (non-hydrogen) atoms. The van der Waals surface area contributed by atoms with E-state index in [1.165, 1.54) is 13.8 Å². The van der Waals surface area contributed by atoms with E-state index in [4.69, 9.17) is 5.73 Å². The highest BCUT2D eigenvalue weighted by atomic mass is 19.1. The van der Waals surface area contributed by atoms with Crippen LogP contribution in [0, 0.1) is 11.6 Å². The van der Waals surface area contributed by atoms with Crippen LogP contribution in [0.5, 0.6) is 5.75 Å². The molecule has 3 N–H and O–H groups in total. The molecule has 0 fully saturated rings. The predicted molar refractivity (Wildman–Crippen MR) is 59.8 cm³/mol. The second-order valence-corrected chi connectivity index (χ2v) is 4.15. The summed E-state index contributed by atoms with van der Waals surface area (Å²) in [5.41, 5.74) is 4.39. The van der Waals surface area contributed by atoms with E-state index in [-0.39, 0.29) is 5.69 Å². The molecule has 94 valence electrons. The third-order valence-electron chi connectivity index (χ3n) is 2.05. The Labute approximate surface area is 97.8 Å². The van der Waals surface area contributed by atoms with Gasteiger partial charge in [0.05, 0.1) is 12.6 Å². The van der Waals surface area contributed by atoms with Gasteiger partial charge in [-0.1, -0.05) is 0 Å². The number of nitrogens with one attached hydrogen (secondary N) is 1. The van der Waals surface area contributed by atoms with E-state index >= 15 is 0 Å². The van der Waals surface area contributed by atoms with Crippen LogP contribution < -0.4 is 15.8 Å². The molecule has 0 heterocycles.